The van der Waals surface area contributed by atoms with E-state index in [0.29, 0.717) is 31.7 Å². The van der Waals surface area contributed by atoms with E-state index in [1.54, 1.807) is 19.1 Å². The molecule has 2 aliphatic rings. The quantitative estimate of drug-likeness (QED) is 0.548. The molecule has 3 heterocycles. The Balaban J connectivity index is 1.51. The molecule has 0 radical (unpaired) electrons. The van der Waals surface area contributed by atoms with E-state index in [9.17, 15) is 9.59 Å². The van der Waals surface area contributed by atoms with Crippen molar-refractivity contribution in [2.45, 2.75) is 45.3 Å². The third kappa shape index (κ3) is 4.65. The van der Waals surface area contributed by atoms with Gasteiger partial charge in [0.25, 0.3) is 5.91 Å². The van der Waals surface area contributed by atoms with Crippen LogP contribution in [0.1, 0.15) is 33.7 Å². The smallest absolute Gasteiger partial charge is 0.328 e. The second-order valence-corrected chi connectivity index (χ2v) is 10.3. The maximum Gasteiger partial charge on any atom is 0.328 e. The first-order chi connectivity index (χ1) is 15.9. The minimum Gasteiger partial charge on any atom is -0.497 e. The van der Waals surface area contributed by atoms with Gasteiger partial charge in [-0.05, 0) is 56.0 Å². The molecule has 8 heteroatoms. The molecule has 0 unspecified atom stereocenters. The van der Waals surface area contributed by atoms with E-state index in [1.807, 2.05) is 35.6 Å². The van der Waals surface area contributed by atoms with Gasteiger partial charge in [-0.3, -0.25) is 14.6 Å². The largest absolute Gasteiger partial charge is 0.497 e. The molecule has 1 aromatic carbocycles. The molecule has 1 spiro atoms. The van der Waals surface area contributed by atoms with E-state index < -0.39 is 5.54 Å². The number of methoxy groups -OCH3 is 2. The number of carbonyl (C=O) groups is 2. The summed E-state index contributed by atoms with van der Waals surface area (Å²) in [5.41, 5.74) is 1.42. The highest BCUT2D eigenvalue weighted by Gasteiger charge is 2.57. The lowest BCUT2D eigenvalue weighted by Crippen LogP contribution is -2.57. The Kier molecular flexibility index (Phi) is 7.07. The van der Waals surface area contributed by atoms with Gasteiger partial charge in [-0.25, -0.2) is 4.79 Å². The predicted octanol–water partition coefficient (Wildman–Crippen LogP) is 3.82. The number of rotatable bonds is 8. The van der Waals surface area contributed by atoms with Crippen molar-refractivity contribution in [3.8, 4) is 5.75 Å². The molecule has 0 atom stereocenters. The van der Waals surface area contributed by atoms with Crippen LogP contribution in [0.25, 0.3) is 0 Å². The predicted molar refractivity (Wildman–Crippen MR) is 129 cm³/mol. The monoisotopic (exact) mass is 471 g/mol. The van der Waals surface area contributed by atoms with Crippen molar-refractivity contribution in [3.05, 3.63) is 51.2 Å². The van der Waals surface area contributed by atoms with Crippen molar-refractivity contribution in [2.75, 3.05) is 40.5 Å². The fourth-order valence-electron chi connectivity index (χ4n) is 4.88. The summed E-state index contributed by atoms with van der Waals surface area (Å²) in [6.45, 7) is 7.83. The third-order valence-electron chi connectivity index (χ3n) is 6.90. The summed E-state index contributed by atoms with van der Waals surface area (Å²) in [6, 6.07) is 9.56. The zero-order chi connectivity index (χ0) is 23.6. The summed E-state index contributed by atoms with van der Waals surface area (Å²) in [5, 5.41) is 0. The van der Waals surface area contributed by atoms with Crippen LogP contribution in [0.4, 0.5) is 4.79 Å². The maximum atomic E-state index is 13.7. The van der Waals surface area contributed by atoms with Crippen molar-refractivity contribution < 1.29 is 19.1 Å². The summed E-state index contributed by atoms with van der Waals surface area (Å²) < 4.78 is 10.6. The van der Waals surface area contributed by atoms with Crippen LogP contribution < -0.4 is 4.74 Å². The Bertz CT molecular complexity index is 993. The average molecular weight is 472 g/mol. The number of carbonyl (C=O) groups excluding carboxylic acids is 2. The van der Waals surface area contributed by atoms with Gasteiger partial charge < -0.3 is 14.4 Å². The van der Waals surface area contributed by atoms with Crippen LogP contribution in [0, 0.1) is 13.8 Å². The molecule has 0 saturated carbocycles. The first kappa shape index (κ1) is 23.7. The number of benzene rings is 1. The molecule has 2 fully saturated rings. The average Bonchev–Trinajstić information content (AvgIpc) is 3.22. The zero-order valence-corrected chi connectivity index (χ0v) is 20.7. The molecule has 0 aliphatic carbocycles. The summed E-state index contributed by atoms with van der Waals surface area (Å²) in [4.78, 5) is 35.4. The molecule has 1 aromatic heterocycles. The molecule has 2 saturated heterocycles. The Hall–Kier alpha value is -2.42. The Morgan fingerprint density at radius 2 is 1.82 bits per heavy atom. The van der Waals surface area contributed by atoms with Crippen molar-refractivity contribution in [2.24, 2.45) is 0 Å². The van der Waals surface area contributed by atoms with E-state index >= 15 is 0 Å². The summed E-state index contributed by atoms with van der Waals surface area (Å²) in [5.74, 6) is 0.624. The molecule has 2 aromatic rings. The standard InChI is InChI=1S/C25H33N3O4S/c1-18-14-22(33-19(18)2)17-26-10-8-25(9-11-26)23(29)27(24(30)28(25)12-13-31-3)16-20-6-5-7-21(15-20)32-4/h5-7,14-15H,8-13,16-17H2,1-4H3. The molecule has 0 N–H and O–H groups in total. The van der Waals surface area contributed by atoms with Crippen LogP contribution in [-0.2, 0) is 22.6 Å². The topological polar surface area (TPSA) is 62.3 Å². The van der Waals surface area contributed by atoms with Gasteiger partial charge in [-0.2, -0.15) is 0 Å². The fourth-order valence-corrected chi connectivity index (χ4v) is 5.98. The lowest BCUT2D eigenvalue weighted by Gasteiger charge is -2.42. The summed E-state index contributed by atoms with van der Waals surface area (Å²) in [6.07, 6.45) is 1.28. The number of hydrogen-bond donors (Lipinski definition) is 0. The van der Waals surface area contributed by atoms with Gasteiger partial charge in [-0.1, -0.05) is 12.1 Å². The lowest BCUT2D eigenvalue weighted by atomic mass is 9.85. The second-order valence-electron chi connectivity index (χ2n) is 8.93. The molecule has 7 nitrogen and oxygen atoms in total. The number of amides is 3. The van der Waals surface area contributed by atoms with Gasteiger partial charge in [0.2, 0.25) is 0 Å². The number of hydrogen-bond acceptors (Lipinski definition) is 6. The van der Waals surface area contributed by atoms with E-state index in [2.05, 4.69) is 24.8 Å². The number of likely N-dealkylation sites (tertiary alicyclic amines) is 1. The van der Waals surface area contributed by atoms with Crippen molar-refractivity contribution in [1.82, 2.24) is 14.7 Å². The molecule has 178 valence electrons. The molecule has 33 heavy (non-hydrogen) atoms. The normalized spacial score (nSPS) is 18.5. The number of nitrogens with zero attached hydrogens (tertiary/aromatic N) is 3. The Morgan fingerprint density at radius 3 is 2.45 bits per heavy atom. The minimum atomic E-state index is -0.785. The van der Waals surface area contributed by atoms with Gasteiger partial charge in [0.1, 0.15) is 11.3 Å². The van der Waals surface area contributed by atoms with Gasteiger partial charge in [0, 0.05) is 43.0 Å². The van der Waals surface area contributed by atoms with Crippen molar-refractivity contribution in [3.63, 3.8) is 0 Å². The Labute approximate surface area is 199 Å². The highest BCUT2D eigenvalue weighted by atomic mass is 32.1. The molecule has 4 rings (SSSR count). The van der Waals surface area contributed by atoms with E-state index in [-0.39, 0.29) is 18.5 Å². The number of thiophene rings is 1. The summed E-state index contributed by atoms with van der Waals surface area (Å²) >= 11 is 1.84. The highest BCUT2D eigenvalue weighted by molar-refractivity contribution is 7.12. The number of piperidine rings is 1. The second kappa shape index (κ2) is 9.83. The first-order valence-corrected chi connectivity index (χ1v) is 12.2. The number of ether oxygens (including phenoxy) is 2. The molecular weight excluding hydrogens is 438 g/mol. The van der Waals surface area contributed by atoms with Crippen molar-refractivity contribution >= 4 is 23.3 Å². The molecule has 3 amide bonds. The van der Waals surface area contributed by atoms with E-state index in [4.69, 9.17) is 9.47 Å². The number of urea groups is 1. The third-order valence-corrected chi connectivity index (χ3v) is 8.03. The summed E-state index contributed by atoms with van der Waals surface area (Å²) in [7, 11) is 3.23. The minimum absolute atomic E-state index is 0.0890. The van der Waals surface area contributed by atoms with Gasteiger partial charge in [0.05, 0.1) is 20.3 Å². The maximum absolute atomic E-state index is 13.7. The highest BCUT2D eigenvalue weighted by Crippen LogP contribution is 2.38. The van der Waals surface area contributed by atoms with Crippen LogP contribution in [0.2, 0.25) is 0 Å². The molecule has 0 bridgehead atoms. The molecular formula is C25H33N3O4S. The van der Waals surface area contributed by atoms with Crippen LogP contribution in [0.3, 0.4) is 0 Å². The lowest BCUT2D eigenvalue weighted by molar-refractivity contribution is -0.136. The SMILES string of the molecule is COCCN1C(=O)N(Cc2cccc(OC)c2)C(=O)C12CCN(Cc1cc(C)c(C)s1)CC2. The van der Waals surface area contributed by atoms with Gasteiger partial charge >= 0.3 is 6.03 Å². The zero-order valence-electron chi connectivity index (χ0n) is 19.9. The van der Waals surface area contributed by atoms with Crippen LogP contribution in [-0.4, -0.2) is 72.6 Å². The van der Waals surface area contributed by atoms with Gasteiger partial charge in [-0.15, -0.1) is 11.3 Å². The van der Waals surface area contributed by atoms with Crippen LogP contribution >= 0.6 is 11.3 Å². The van der Waals surface area contributed by atoms with E-state index in [1.165, 1.54) is 20.2 Å². The Morgan fingerprint density at radius 1 is 1.06 bits per heavy atom. The van der Waals surface area contributed by atoms with E-state index in [0.717, 1.165) is 25.2 Å². The van der Waals surface area contributed by atoms with Crippen LogP contribution in [0.15, 0.2) is 30.3 Å². The number of imide groups is 1. The van der Waals surface area contributed by atoms with Crippen molar-refractivity contribution in [1.29, 1.82) is 0 Å². The number of aryl methyl sites for hydroxylation is 2. The first-order valence-electron chi connectivity index (χ1n) is 11.4. The van der Waals surface area contributed by atoms with Gasteiger partial charge in [0.15, 0.2) is 0 Å². The fraction of sp³-hybridized carbons (Fsp3) is 0.520. The van der Waals surface area contributed by atoms with Crippen LogP contribution in [0.5, 0.6) is 5.75 Å². The molecule has 2 aliphatic heterocycles.